The van der Waals surface area contributed by atoms with Crippen LogP contribution in [0.25, 0.3) is 0 Å². The first-order valence-electron chi connectivity index (χ1n) is 5.58. The molecule has 5 heteroatoms. The molecule has 2 aliphatic heterocycles. The average molecular weight is 216 g/mol. The highest BCUT2D eigenvalue weighted by molar-refractivity contribution is 6.35. The summed E-state index contributed by atoms with van der Waals surface area (Å²) in [5.74, 6) is 1.41. The van der Waals surface area contributed by atoms with Gasteiger partial charge in [-0.2, -0.15) is 0 Å². The molecule has 0 aliphatic carbocycles. The van der Waals surface area contributed by atoms with E-state index in [9.17, 15) is 4.79 Å². The second-order valence-corrected chi connectivity index (χ2v) is 4.59. The minimum Gasteiger partial charge on any atom is -0.460 e. The van der Waals surface area contributed by atoms with Gasteiger partial charge in [-0.15, -0.1) is 0 Å². The molecule has 3 rings (SSSR count). The third kappa shape index (κ3) is 1.46. The lowest BCUT2D eigenvalue weighted by atomic mass is 9.96. The zero-order chi connectivity index (χ0) is 11.1. The standard InChI is InChI=1S/C11H13BN2O2/c12-9-1-2-16-10(9)11(15)14-5-7-3-13-4-8(7)6-14/h1-2,7-8,13H,3-6H2. The van der Waals surface area contributed by atoms with Gasteiger partial charge in [-0.1, -0.05) is 0 Å². The van der Waals surface area contributed by atoms with Crippen LogP contribution in [0.2, 0.25) is 0 Å². The molecule has 0 spiro atoms. The van der Waals surface area contributed by atoms with E-state index in [4.69, 9.17) is 12.3 Å². The smallest absolute Gasteiger partial charge is 0.288 e. The number of nitrogens with one attached hydrogen (secondary N) is 1. The molecule has 0 bridgehead atoms. The van der Waals surface area contributed by atoms with Crippen molar-refractivity contribution in [3.63, 3.8) is 0 Å². The van der Waals surface area contributed by atoms with Gasteiger partial charge in [-0.05, 0) is 23.4 Å². The van der Waals surface area contributed by atoms with Crippen molar-refractivity contribution in [2.75, 3.05) is 26.2 Å². The molecule has 1 aromatic heterocycles. The molecule has 4 nitrogen and oxygen atoms in total. The van der Waals surface area contributed by atoms with E-state index in [2.05, 4.69) is 5.32 Å². The van der Waals surface area contributed by atoms with Gasteiger partial charge in [0.15, 0.2) is 5.76 Å². The third-order valence-electron chi connectivity index (χ3n) is 3.57. The number of furan rings is 1. The molecule has 2 unspecified atom stereocenters. The Morgan fingerprint density at radius 3 is 2.69 bits per heavy atom. The fraction of sp³-hybridized carbons (Fsp3) is 0.545. The molecule has 2 fully saturated rings. The molecular weight excluding hydrogens is 203 g/mol. The number of nitrogens with zero attached hydrogens (tertiary/aromatic N) is 1. The molecular formula is C11H13BN2O2. The van der Waals surface area contributed by atoms with Crippen molar-refractivity contribution in [2.24, 2.45) is 11.8 Å². The zero-order valence-corrected chi connectivity index (χ0v) is 8.98. The van der Waals surface area contributed by atoms with Crippen LogP contribution in [0.5, 0.6) is 0 Å². The molecule has 3 heterocycles. The predicted molar refractivity (Wildman–Crippen MR) is 59.8 cm³/mol. The van der Waals surface area contributed by atoms with Crippen LogP contribution in [0.3, 0.4) is 0 Å². The van der Waals surface area contributed by atoms with E-state index in [1.807, 2.05) is 4.90 Å². The normalized spacial score (nSPS) is 28.4. The van der Waals surface area contributed by atoms with Gasteiger partial charge >= 0.3 is 0 Å². The molecule has 2 radical (unpaired) electrons. The molecule has 16 heavy (non-hydrogen) atoms. The minimum atomic E-state index is -0.0723. The second kappa shape index (κ2) is 3.66. The van der Waals surface area contributed by atoms with Gasteiger partial charge in [-0.25, -0.2) is 0 Å². The van der Waals surface area contributed by atoms with Crippen LogP contribution in [0, 0.1) is 11.8 Å². The fourth-order valence-corrected chi connectivity index (χ4v) is 2.66. The average Bonchev–Trinajstić information content (AvgIpc) is 2.89. The quantitative estimate of drug-likeness (QED) is 0.635. The van der Waals surface area contributed by atoms with E-state index < -0.39 is 0 Å². The van der Waals surface area contributed by atoms with Crippen LogP contribution >= 0.6 is 0 Å². The van der Waals surface area contributed by atoms with Crippen LogP contribution in [-0.2, 0) is 0 Å². The van der Waals surface area contributed by atoms with E-state index in [1.165, 1.54) is 6.26 Å². The molecule has 1 N–H and O–H groups in total. The first-order valence-corrected chi connectivity index (χ1v) is 5.58. The van der Waals surface area contributed by atoms with Gasteiger partial charge in [0.1, 0.15) is 7.85 Å². The Kier molecular flexibility index (Phi) is 2.28. The van der Waals surface area contributed by atoms with Crippen LogP contribution in [-0.4, -0.2) is 44.8 Å². The van der Waals surface area contributed by atoms with Gasteiger partial charge in [0.25, 0.3) is 5.91 Å². The Labute approximate surface area is 95.4 Å². The highest BCUT2D eigenvalue weighted by Crippen LogP contribution is 2.27. The molecule has 1 aromatic rings. The van der Waals surface area contributed by atoms with E-state index in [0.29, 0.717) is 17.3 Å². The molecule has 2 saturated heterocycles. The second-order valence-electron chi connectivity index (χ2n) is 4.59. The van der Waals surface area contributed by atoms with Crippen LogP contribution < -0.4 is 10.8 Å². The SMILES string of the molecule is [B]c1ccoc1C(=O)N1CC2CNCC2C1. The van der Waals surface area contributed by atoms with E-state index in [0.717, 1.165) is 26.2 Å². The zero-order valence-electron chi connectivity index (χ0n) is 8.98. The summed E-state index contributed by atoms with van der Waals surface area (Å²) in [4.78, 5) is 13.9. The van der Waals surface area contributed by atoms with E-state index in [1.54, 1.807) is 6.07 Å². The predicted octanol–water partition coefficient (Wildman–Crippen LogP) is -0.635. The van der Waals surface area contributed by atoms with Crippen molar-refractivity contribution in [3.05, 3.63) is 18.1 Å². The van der Waals surface area contributed by atoms with Crippen LogP contribution in [0.1, 0.15) is 10.6 Å². The summed E-state index contributed by atoms with van der Waals surface area (Å²) >= 11 is 0. The van der Waals surface area contributed by atoms with Crippen molar-refractivity contribution >= 4 is 19.2 Å². The maximum atomic E-state index is 12.1. The molecule has 82 valence electrons. The Bertz CT molecular complexity index is 406. The summed E-state index contributed by atoms with van der Waals surface area (Å²) in [5.41, 5.74) is 0.431. The summed E-state index contributed by atoms with van der Waals surface area (Å²) < 4.78 is 5.13. The highest BCUT2D eigenvalue weighted by atomic mass is 16.3. The Balaban J connectivity index is 1.75. The largest absolute Gasteiger partial charge is 0.460 e. The number of likely N-dealkylation sites (tertiary alicyclic amines) is 1. The van der Waals surface area contributed by atoms with Gasteiger partial charge in [0.2, 0.25) is 0 Å². The lowest BCUT2D eigenvalue weighted by Crippen LogP contribution is -2.33. The molecule has 1 amide bonds. The fourth-order valence-electron chi connectivity index (χ4n) is 2.66. The summed E-state index contributed by atoms with van der Waals surface area (Å²) in [6.07, 6.45) is 1.46. The summed E-state index contributed by atoms with van der Waals surface area (Å²) in [6, 6.07) is 1.62. The number of carbonyl (C=O) groups excluding carboxylic acids is 1. The monoisotopic (exact) mass is 216 g/mol. The summed E-state index contributed by atoms with van der Waals surface area (Å²) in [6.45, 7) is 3.66. The molecule has 2 aliphatic rings. The van der Waals surface area contributed by atoms with Crippen LogP contribution in [0.4, 0.5) is 0 Å². The third-order valence-corrected chi connectivity index (χ3v) is 3.57. The van der Waals surface area contributed by atoms with E-state index >= 15 is 0 Å². The summed E-state index contributed by atoms with van der Waals surface area (Å²) in [7, 11) is 5.67. The lowest BCUT2D eigenvalue weighted by molar-refractivity contribution is 0.0752. The lowest BCUT2D eigenvalue weighted by Gasteiger charge is -2.16. The number of hydrogen-bond donors (Lipinski definition) is 1. The van der Waals surface area contributed by atoms with Gasteiger partial charge < -0.3 is 14.6 Å². The van der Waals surface area contributed by atoms with Gasteiger partial charge in [-0.3, -0.25) is 4.79 Å². The number of amides is 1. The Morgan fingerprint density at radius 1 is 1.44 bits per heavy atom. The van der Waals surface area contributed by atoms with Crippen molar-refractivity contribution < 1.29 is 9.21 Å². The number of carbonyl (C=O) groups is 1. The van der Waals surface area contributed by atoms with Crippen molar-refractivity contribution in [2.45, 2.75) is 0 Å². The van der Waals surface area contributed by atoms with E-state index in [-0.39, 0.29) is 11.7 Å². The van der Waals surface area contributed by atoms with Crippen molar-refractivity contribution in [1.82, 2.24) is 10.2 Å². The summed E-state index contributed by atoms with van der Waals surface area (Å²) in [5, 5.41) is 3.34. The molecule has 0 aromatic carbocycles. The first-order chi connectivity index (χ1) is 7.75. The number of hydrogen-bond acceptors (Lipinski definition) is 3. The van der Waals surface area contributed by atoms with Gasteiger partial charge in [0, 0.05) is 26.2 Å². The maximum absolute atomic E-state index is 12.1. The van der Waals surface area contributed by atoms with Gasteiger partial charge in [0.05, 0.1) is 6.26 Å². The van der Waals surface area contributed by atoms with Crippen molar-refractivity contribution in [3.8, 4) is 0 Å². The van der Waals surface area contributed by atoms with Crippen molar-refractivity contribution in [1.29, 1.82) is 0 Å². The maximum Gasteiger partial charge on any atom is 0.288 e. The molecule has 0 saturated carbocycles. The first kappa shape index (κ1) is 9.96. The molecule has 2 atom stereocenters. The number of fused-ring (bicyclic) bond motifs is 1. The minimum absolute atomic E-state index is 0.0723. The highest BCUT2D eigenvalue weighted by Gasteiger charge is 2.39. The topological polar surface area (TPSA) is 45.5 Å². The van der Waals surface area contributed by atoms with Crippen LogP contribution in [0.15, 0.2) is 16.7 Å². The number of rotatable bonds is 1. The Morgan fingerprint density at radius 2 is 2.12 bits per heavy atom. The Hall–Kier alpha value is -1.23.